The summed E-state index contributed by atoms with van der Waals surface area (Å²) < 4.78 is 12.8. The molecule has 16 heavy (non-hydrogen) atoms. The standard InChI is InChI=1S/C14H16FN/c15-12-3-1-10(2-4-12)7-11-8-13-5-6-14(9-11)16-13/h1-4,7,13-14,16H,5-6,8-9H2. The third-order valence-electron chi connectivity index (χ3n) is 3.59. The highest BCUT2D eigenvalue weighted by Gasteiger charge is 2.29. The average Bonchev–Trinajstić information content (AvgIpc) is 2.62. The molecule has 0 amide bonds. The summed E-state index contributed by atoms with van der Waals surface area (Å²) in [6, 6.07) is 8.14. The molecule has 0 spiro atoms. The van der Waals surface area contributed by atoms with E-state index in [1.54, 1.807) is 0 Å². The van der Waals surface area contributed by atoms with Gasteiger partial charge in [0.1, 0.15) is 5.82 Å². The van der Waals surface area contributed by atoms with E-state index in [0.29, 0.717) is 12.1 Å². The lowest BCUT2D eigenvalue weighted by atomic mass is 9.97. The van der Waals surface area contributed by atoms with Crippen molar-refractivity contribution in [2.24, 2.45) is 0 Å². The van der Waals surface area contributed by atoms with Gasteiger partial charge in [0, 0.05) is 12.1 Å². The fraction of sp³-hybridized carbons (Fsp3) is 0.429. The minimum Gasteiger partial charge on any atom is -0.311 e. The number of fused-ring (bicyclic) bond motifs is 2. The molecule has 2 saturated heterocycles. The van der Waals surface area contributed by atoms with Gasteiger partial charge in [-0.15, -0.1) is 0 Å². The van der Waals surface area contributed by atoms with E-state index >= 15 is 0 Å². The summed E-state index contributed by atoms with van der Waals surface area (Å²) >= 11 is 0. The number of piperidine rings is 1. The van der Waals surface area contributed by atoms with Crippen LogP contribution in [-0.4, -0.2) is 12.1 Å². The Morgan fingerprint density at radius 1 is 1.06 bits per heavy atom. The van der Waals surface area contributed by atoms with E-state index in [1.807, 2.05) is 12.1 Å². The first-order chi connectivity index (χ1) is 7.79. The Hall–Kier alpha value is -1.15. The van der Waals surface area contributed by atoms with E-state index in [9.17, 15) is 4.39 Å². The summed E-state index contributed by atoms with van der Waals surface area (Å²) in [4.78, 5) is 0. The van der Waals surface area contributed by atoms with E-state index in [2.05, 4.69) is 11.4 Å². The molecule has 2 bridgehead atoms. The van der Waals surface area contributed by atoms with Gasteiger partial charge < -0.3 is 5.32 Å². The highest BCUT2D eigenvalue weighted by Crippen LogP contribution is 2.31. The van der Waals surface area contributed by atoms with Gasteiger partial charge in [0.15, 0.2) is 0 Å². The summed E-state index contributed by atoms with van der Waals surface area (Å²) in [5.74, 6) is -0.160. The Kier molecular flexibility index (Phi) is 2.52. The van der Waals surface area contributed by atoms with Gasteiger partial charge in [0.05, 0.1) is 0 Å². The molecular weight excluding hydrogens is 201 g/mol. The van der Waals surface area contributed by atoms with Gasteiger partial charge >= 0.3 is 0 Å². The van der Waals surface area contributed by atoms with E-state index in [0.717, 1.165) is 18.4 Å². The van der Waals surface area contributed by atoms with Gasteiger partial charge in [-0.3, -0.25) is 0 Å². The largest absolute Gasteiger partial charge is 0.311 e. The molecule has 1 aromatic rings. The van der Waals surface area contributed by atoms with E-state index in [1.165, 1.54) is 30.5 Å². The lowest BCUT2D eigenvalue weighted by Crippen LogP contribution is -2.34. The third-order valence-corrected chi connectivity index (χ3v) is 3.59. The number of rotatable bonds is 1. The Balaban J connectivity index is 1.79. The molecule has 2 atom stereocenters. The Morgan fingerprint density at radius 3 is 2.31 bits per heavy atom. The second-order valence-corrected chi connectivity index (χ2v) is 4.90. The Bertz CT molecular complexity index is 393. The number of hydrogen-bond donors (Lipinski definition) is 1. The van der Waals surface area contributed by atoms with Crippen LogP contribution in [0.25, 0.3) is 6.08 Å². The Morgan fingerprint density at radius 2 is 1.69 bits per heavy atom. The maximum absolute atomic E-state index is 12.8. The van der Waals surface area contributed by atoms with Crippen molar-refractivity contribution >= 4 is 6.08 Å². The molecule has 0 saturated carbocycles. The van der Waals surface area contributed by atoms with Crippen LogP contribution in [-0.2, 0) is 0 Å². The highest BCUT2D eigenvalue weighted by atomic mass is 19.1. The van der Waals surface area contributed by atoms with Crippen LogP contribution in [0.15, 0.2) is 29.8 Å². The van der Waals surface area contributed by atoms with Crippen LogP contribution in [0.4, 0.5) is 4.39 Å². The third kappa shape index (κ3) is 2.03. The van der Waals surface area contributed by atoms with Gasteiger partial charge in [-0.25, -0.2) is 4.39 Å². The van der Waals surface area contributed by atoms with Crippen LogP contribution in [0.1, 0.15) is 31.2 Å². The predicted octanol–water partition coefficient (Wildman–Crippen LogP) is 3.12. The number of nitrogens with one attached hydrogen (secondary N) is 1. The molecule has 2 fully saturated rings. The summed E-state index contributed by atoms with van der Waals surface area (Å²) in [6.45, 7) is 0. The van der Waals surface area contributed by atoms with Crippen LogP contribution in [0.3, 0.4) is 0 Å². The Labute approximate surface area is 95.4 Å². The van der Waals surface area contributed by atoms with E-state index in [4.69, 9.17) is 0 Å². The quantitative estimate of drug-likeness (QED) is 0.762. The van der Waals surface area contributed by atoms with Crippen LogP contribution in [0.2, 0.25) is 0 Å². The molecule has 0 radical (unpaired) electrons. The lowest BCUT2D eigenvalue weighted by molar-refractivity contribution is 0.476. The zero-order valence-electron chi connectivity index (χ0n) is 9.25. The zero-order chi connectivity index (χ0) is 11.0. The topological polar surface area (TPSA) is 12.0 Å². The molecule has 0 aromatic heterocycles. The first-order valence-electron chi connectivity index (χ1n) is 6.01. The maximum Gasteiger partial charge on any atom is 0.123 e. The van der Waals surface area contributed by atoms with Crippen molar-refractivity contribution < 1.29 is 4.39 Å². The van der Waals surface area contributed by atoms with Crippen LogP contribution in [0.5, 0.6) is 0 Å². The van der Waals surface area contributed by atoms with Gasteiger partial charge in [-0.05, 0) is 43.4 Å². The molecule has 2 aliphatic rings. The number of benzene rings is 1. The van der Waals surface area contributed by atoms with Crippen LogP contribution in [0, 0.1) is 5.82 Å². The van der Waals surface area contributed by atoms with E-state index in [-0.39, 0.29) is 5.82 Å². The summed E-state index contributed by atoms with van der Waals surface area (Å²) in [7, 11) is 0. The van der Waals surface area contributed by atoms with Gasteiger partial charge in [0.2, 0.25) is 0 Å². The first-order valence-corrected chi connectivity index (χ1v) is 6.01. The van der Waals surface area contributed by atoms with Crippen LogP contribution < -0.4 is 5.32 Å². The molecule has 84 valence electrons. The van der Waals surface area contributed by atoms with Gasteiger partial charge in [-0.1, -0.05) is 23.8 Å². The molecule has 3 rings (SSSR count). The van der Waals surface area contributed by atoms with Crippen molar-refractivity contribution in [2.45, 2.75) is 37.8 Å². The second kappa shape index (κ2) is 4.02. The predicted molar refractivity (Wildman–Crippen MR) is 63.6 cm³/mol. The average molecular weight is 217 g/mol. The van der Waals surface area contributed by atoms with Crippen molar-refractivity contribution in [3.8, 4) is 0 Å². The van der Waals surface area contributed by atoms with Crippen molar-refractivity contribution in [1.29, 1.82) is 0 Å². The number of hydrogen-bond acceptors (Lipinski definition) is 1. The molecule has 1 N–H and O–H groups in total. The van der Waals surface area contributed by atoms with E-state index < -0.39 is 0 Å². The van der Waals surface area contributed by atoms with Crippen molar-refractivity contribution in [1.82, 2.24) is 5.32 Å². The first kappa shape index (κ1) is 10.0. The minimum absolute atomic E-state index is 0.160. The van der Waals surface area contributed by atoms with Crippen molar-refractivity contribution in [3.05, 3.63) is 41.2 Å². The highest BCUT2D eigenvalue weighted by molar-refractivity contribution is 5.53. The molecule has 1 nitrogen and oxygen atoms in total. The summed E-state index contributed by atoms with van der Waals surface area (Å²) in [5.41, 5.74) is 2.63. The smallest absolute Gasteiger partial charge is 0.123 e. The second-order valence-electron chi connectivity index (χ2n) is 4.90. The summed E-state index contributed by atoms with van der Waals surface area (Å²) in [6.07, 6.45) is 7.17. The molecule has 2 unspecified atom stereocenters. The molecule has 2 heterocycles. The zero-order valence-corrected chi connectivity index (χ0v) is 9.25. The maximum atomic E-state index is 12.8. The fourth-order valence-corrected chi connectivity index (χ4v) is 2.85. The van der Waals surface area contributed by atoms with Crippen molar-refractivity contribution in [3.63, 3.8) is 0 Å². The molecule has 2 aliphatic heterocycles. The molecule has 1 aromatic carbocycles. The normalized spacial score (nSPS) is 28.2. The van der Waals surface area contributed by atoms with Crippen LogP contribution >= 0.6 is 0 Å². The minimum atomic E-state index is -0.160. The lowest BCUT2D eigenvalue weighted by Gasteiger charge is -2.23. The number of halogens is 1. The molecular formula is C14H16FN. The molecule has 2 heteroatoms. The van der Waals surface area contributed by atoms with Gasteiger partial charge in [-0.2, -0.15) is 0 Å². The van der Waals surface area contributed by atoms with Crippen molar-refractivity contribution in [2.75, 3.05) is 0 Å². The van der Waals surface area contributed by atoms with Gasteiger partial charge in [0.25, 0.3) is 0 Å². The SMILES string of the molecule is Fc1ccc(C=C2CC3CCC(C2)N3)cc1. The monoisotopic (exact) mass is 217 g/mol. The molecule has 0 aliphatic carbocycles. The fourth-order valence-electron chi connectivity index (χ4n) is 2.85. The summed E-state index contributed by atoms with van der Waals surface area (Å²) in [5, 5.41) is 3.61.